The number of amides is 1. The summed E-state index contributed by atoms with van der Waals surface area (Å²) in [6.07, 6.45) is 5.61. The Morgan fingerprint density at radius 1 is 1.30 bits per heavy atom. The van der Waals surface area contributed by atoms with E-state index in [0.717, 1.165) is 38.5 Å². The standard InChI is InChI=1S/C16H30N2O2/c1-5-6-7-9-12(17)15(20)18-11-8-10-13(18)14(19)16(2,3)4/h12-13H,5-11,17H2,1-4H3/t12-,13-/m0/s1. The van der Waals surface area contributed by atoms with Crippen LogP contribution in [0.2, 0.25) is 0 Å². The van der Waals surface area contributed by atoms with Gasteiger partial charge >= 0.3 is 0 Å². The number of unbranched alkanes of at least 4 members (excludes halogenated alkanes) is 2. The lowest BCUT2D eigenvalue weighted by molar-refractivity contribution is -0.141. The van der Waals surface area contributed by atoms with Gasteiger partial charge in [0.2, 0.25) is 5.91 Å². The summed E-state index contributed by atoms with van der Waals surface area (Å²) in [5.41, 5.74) is 5.60. The molecular formula is C16H30N2O2. The van der Waals surface area contributed by atoms with E-state index in [9.17, 15) is 9.59 Å². The number of rotatable bonds is 6. The zero-order chi connectivity index (χ0) is 15.3. The molecule has 1 saturated heterocycles. The van der Waals surface area contributed by atoms with E-state index >= 15 is 0 Å². The molecule has 0 aromatic heterocycles. The van der Waals surface area contributed by atoms with Gasteiger partial charge < -0.3 is 10.6 Å². The smallest absolute Gasteiger partial charge is 0.240 e. The normalized spacial score (nSPS) is 21.1. The van der Waals surface area contributed by atoms with Crippen LogP contribution in [0.1, 0.15) is 66.2 Å². The van der Waals surface area contributed by atoms with Crippen molar-refractivity contribution in [2.75, 3.05) is 6.54 Å². The number of likely N-dealkylation sites (tertiary alicyclic amines) is 1. The Labute approximate surface area is 123 Å². The van der Waals surface area contributed by atoms with Gasteiger partial charge in [0.15, 0.2) is 5.78 Å². The summed E-state index contributed by atoms with van der Waals surface area (Å²) in [4.78, 5) is 26.6. The van der Waals surface area contributed by atoms with E-state index in [1.54, 1.807) is 4.90 Å². The topological polar surface area (TPSA) is 63.4 Å². The van der Waals surface area contributed by atoms with E-state index in [0.29, 0.717) is 6.54 Å². The second-order valence-electron chi connectivity index (χ2n) is 6.91. The Morgan fingerprint density at radius 2 is 1.95 bits per heavy atom. The molecule has 20 heavy (non-hydrogen) atoms. The van der Waals surface area contributed by atoms with Crippen LogP contribution in [0.5, 0.6) is 0 Å². The summed E-state index contributed by atoms with van der Waals surface area (Å²) in [7, 11) is 0. The zero-order valence-electron chi connectivity index (χ0n) is 13.4. The summed E-state index contributed by atoms with van der Waals surface area (Å²) in [6.45, 7) is 8.55. The third-order valence-electron chi connectivity index (χ3n) is 4.01. The lowest BCUT2D eigenvalue weighted by Crippen LogP contribution is -2.50. The molecule has 0 unspecified atom stereocenters. The van der Waals surface area contributed by atoms with Crippen LogP contribution in [0.15, 0.2) is 0 Å². The highest BCUT2D eigenvalue weighted by Crippen LogP contribution is 2.27. The van der Waals surface area contributed by atoms with Crippen molar-refractivity contribution in [1.29, 1.82) is 0 Å². The van der Waals surface area contributed by atoms with E-state index in [4.69, 9.17) is 5.73 Å². The van der Waals surface area contributed by atoms with Crippen molar-refractivity contribution in [1.82, 2.24) is 4.90 Å². The van der Waals surface area contributed by atoms with Gasteiger partial charge in [0.25, 0.3) is 0 Å². The predicted molar refractivity (Wildman–Crippen MR) is 81.3 cm³/mol. The Kier molecular flexibility index (Phi) is 6.18. The van der Waals surface area contributed by atoms with Crippen molar-refractivity contribution in [3.05, 3.63) is 0 Å². The lowest BCUT2D eigenvalue weighted by Gasteiger charge is -2.30. The van der Waals surface area contributed by atoms with Crippen LogP contribution in [-0.2, 0) is 9.59 Å². The summed E-state index contributed by atoms with van der Waals surface area (Å²) in [5, 5.41) is 0. The summed E-state index contributed by atoms with van der Waals surface area (Å²) < 4.78 is 0. The summed E-state index contributed by atoms with van der Waals surface area (Å²) >= 11 is 0. The van der Waals surface area contributed by atoms with Crippen LogP contribution < -0.4 is 5.73 Å². The molecule has 116 valence electrons. The van der Waals surface area contributed by atoms with Gasteiger partial charge in [-0.3, -0.25) is 9.59 Å². The van der Waals surface area contributed by atoms with Gasteiger partial charge in [-0.2, -0.15) is 0 Å². The molecule has 0 aliphatic carbocycles. The largest absolute Gasteiger partial charge is 0.331 e. The number of hydrogen-bond donors (Lipinski definition) is 1. The number of Topliss-reactive ketones (excluding diaryl/α,β-unsaturated/α-hetero) is 1. The summed E-state index contributed by atoms with van der Waals surface area (Å²) in [5.74, 6) is 0.116. The quantitative estimate of drug-likeness (QED) is 0.761. The van der Waals surface area contributed by atoms with Crippen LogP contribution in [0.3, 0.4) is 0 Å². The van der Waals surface area contributed by atoms with Gasteiger partial charge in [-0.15, -0.1) is 0 Å². The summed E-state index contributed by atoms with van der Waals surface area (Å²) in [6, 6.07) is -0.713. The first-order chi connectivity index (χ1) is 9.29. The van der Waals surface area contributed by atoms with E-state index in [1.165, 1.54) is 0 Å². The molecule has 1 aliphatic heterocycles. The SMILES string of the molecule is CCCCC[C@H](N)C(=O)N1CCC[C@H]1C(=O)C(C)(C)C. The third kappa shape index (κ3) is 4.30. The Bertz CT molecular complexity index is 347. The number of nitrogens with two attached hydrogens (primary N) is 1. The first-order valence-electron chi connectivity index (χ1n) is 7.89. The molecule has 2 atom stereocenters. The molecule has 1 aliphatic rings. The number of hydrogen-bond acceptors (Lipinski definition) is 3. The van der Waals surface area contributed by atoms with Gasteiger partial charge in [0.1, 0.15) is 0 Å². The maximum Gasteiger partial charge on any atom is 0.240 e. The predicted octanol–water partition coefficient (Wildman–Crippen LogP) is 2.50. The van der Waals surface area contributed by atoms with Gasteiger partial charge in [0.05, 0.1) is 12.1 Å². The average Bonchev–Trinajstić information content (AvgIpc) is 2.84. The van der Waals surface area contributed by atoms with Crippen molar-refractivity contribution in [3.63, 3.8) is 0 Å². The molecule has 0 bridgehead atoms. The minimum absolute atomic E-state index is 0.0406. The molecule has 0 aromatic rings. The van der Waals surface area contributed by atoms with Gasteiger partial charge in [-0.25, -0.2) is 0 Å². The minimum Gasteiger partial charge on any atom is -0.331 e. The molecule has 1 amide bonds. The van der Waals surface area contributed by atoms with Crippen LogP contribution in [0.4, 0.5) is 0 Å². The van der Waals surface area contributed by atoms with Crippen molar-refractivity contribution in [2.45, 2.75) is 78.3 Å². The molecule has 0 aromatic carbocycles. The maximum atomic E-state index is 12.4. The van der Waals surface area contributed by atoms with Crippen LogP contribution in [0.25, 0.3) is 0 Å². The number of carbonyl (C=O) groups excluding carboxylic acids is 2. The zero-order valence-corrected chi connectivity index (χ0v) is 13.4. The second kappa shape index (κ2) is 7.21. The molecule has 1 heterocycles. The van der Waals surface area contributed by atoms with Crippen molar-refractivity contribution >= 4 is 11.7 Å². The number of carbonyl (C=O) groups is 2. The first-order valence-corrected chi connectivity index (χ1v) is 7.89. The molecule has 2 N–H and O–H groups in total. The molecule has 1 rings (SSSR count). The molecule has 1 fully saturated rings. The maximum absolute atomic E-state index is 12.4. The molecule has 4 nitrogen and oxygen atoms in total. The highest BCUT2D eigenvalue weighted by Gasteiger charge is 2.39. The monoisotopic (exact) mass is 282 g/mol. The van der Waals surface area contributed by atoms with E-state index in [1.807, 2.05) is 20.8 Å². The Balaban J connectivity index is 2.64. The van der Waals surface area contributed by atoms with Crippen molar-refractivity contribution < 1.29 is 9.59 Å². The first kappa shape index (κ1) is 17.2. The fourth-order valence-electron chi connectivity index (χ4n) is 2.75. The molecule has 0 spiro atoms. The van der Waals surface area contributed by atoms with Gasteiger partial charge in [-0.1, -0.05) is 47.0 Å². The van der Waals surface area contributed by atoms with E-state index in [2.05, 4.69) is 6.92 Å². The number of ketones is 1. The molecule has 0 saturated carbocycles. The van der Waals surface area contributed by atoms with Gasteiger partial charge in [-0.05, 0) is 19.3 Å². The van der Waals surface area contributed by atoms with Crippen LogP contribution in [-0.4, -0.2) is 35.2 Å². The highest BCUT2D eigenvalue weighted by atomic mass is 16.2. The highest BCUT2D eigenvalue weighted by molar-refractivity contribution is 5.94. The van der Waals surface area contributed by atoms with E-state index in [-0.39, 0.29) is 17.7 Å². The van der Waals surface area contributed by atoms with Gasteiger partial charge in [0, 0.05) is 12.0 Å². The van der Waals surface area contributed by atoms with Crippen LogP contribution >= 0.6 is 0 Å². The Hall–Kier alpha value is -0.900. The lowest BCUT2D eigenvalue weighted by atomic mass is 9.85. The van der Waals surface area contributed by atoms with Crippen molar-refractivity contribution in [2.24, 2.45) is 11.1 Å². The number of nitrogens with zero attached hydrogens (tertiary/aromatic N) is 1. The third-order valence-corrected chi connectivity index (χ3v) is 4.01. The molecular weight excluding hydrogens is 252 g/mol. The fourth-order valence-corrected chi connectivity index (χ4v) is 2.75. The van der Waals surface area contributed by atoms with E-state index < -0.39 is 11.5 Å². The molecule has 4 heteroatoms. The van der Waals surface area contributed by atoms with Crippen LogP contribution in [0, 0.1) is 5.41 Å². The second-order valence-corrected chi connectivity index (χ2v) is 6.91. The molecule has 0 radical (unpaired) electrons. The minimum atomic E-state index is -0.449. The fraction of sp³-hybridized carbons (Fsp3) is 0.875. The Morgan fingerprint density at radius 3 is 2.50 bits per heavy atom. The van der Waals surface area contributed by atoms with Crippen molar-refractivity contribution in [3.8, 4) is 0 Å². The average molecular weight is 282 g/mol.